The molecule has 0 saturated carbocycles. The van der Waals surface area contributed by atoms with Gasteiger partial charge >= 0.3 is 0 Å². The van der Waals surface area contributed by atoms with E-state index in [2.05, 4.69) is 5.32 Å². The Labute approximate surface area is 145 Å². The first kappa shape index (κ1) is 16.3. The maximum Gasteiger partial charge on any atom is 0.256 e. The Kier molecular flexibility index (Phi) is 4.44. The Morgan fingerprint density at radius 2 is 1.88 bits per heavy atom. The number of amides is 2. The number of nitrogens with one attached hydrogen (secondary N) is 1. The van der Waals surface area contributed by atoms with Gasteiger partial charge in [0.1, 0.15) is 11.8 Å². The Hall–Kier alpha value is -2.53. The Balaban J connectivity index is 1.82. The molecule has 3 rings (SSSR count). The Morgan fingerprint density at radius 3 is 2.54 bits per heavy atom. The van der Waals surface area contributed by atoms with E-state index in [4.69, 9.17) is 16.3 Å². The number of hydrogen-bond donors (Lipinski definition) is 1. The second-order valence-electron chi connectivity index (χ2n) is 5.58. The van der Waals surface area contributed by atoms with E-state index in [9.17, 15) is 9.59 Å². The number of rotatable bonds is 4. The van der Waals surface area contributed by atoms with Crippen molar-refractivity contribution in [3.63, 3.8) is 0 Å². The van der Waals surface area contributed by atoms with E-state index in [0.717, 1.165) is 11.3 Å². The van der Waals surface area contributed by atoms with Crippen LogP contribution in [0, 0.1) is 6.92 Å². The van der Waals surface area contributed by atoms with E-state index in [1.165, 1.54) is 4.90 Å². The van der Waals surface area contributed by atoms with Gasteiger partial charge in [-0.2, -0.15) is 0 Å². The molecule has 1 N–H and O–H groups in total. The molecule has 1 unspecified atom stereocenters. The highest BCUT2D eigenvalue weighted by molar-refractivity contribution is 6.31. The van der Waals surface area contributed by atoms with E-state index in [1.54, 1.807) is 43.5 Å². The molecule has 0 aliphatic carbocycles. The van der Waals surface area contributed by atoms with Gasteiger partial charge in [0.25, 0.3) is 5.91 Å². The molecule has 0 radical (unpaired) electrons. The van der Waals surface area contributed by atoms with Gasteiger partial charge < -0.3 is 10.1 Å². The molecule has 1 atom stereocenters. The first-order chi connectivity index (χ1) is 11.5. The van der Waals surface area contributed by atoms with Crippen molar-refractivity contribution in [2.24, 2.45) is 0 Å². The molecule has 6 heteroatoms. The molecular weight excluding hydrogens is 328 g/mol. The molecule has 2 aromatic rings. The quantitative estimate of drug-likeness (QED) is 0.864. The van der Waals surface area contributed by atoms with Gasteiger partial charge in [-0.3, -0.25) is 9.59 Å². The summed E-state index contributed by atoms with van der Waals surface area (Å²) in [5.41, 5.74) is 2.14. The first-order valence-corrected chi connectivity index (χ1v) is 7.91. The summed E-state index contributed by atoms with van der Waals surface area (Å²) in [6.45, 7) is 1.87. The molecule has 0 bridgehead atoms. The van der Waals surface area contributed by atoms with Crippen LogP contribution < -0.4 is 15.0 Å². The summed E-state index contributed by atoms with van der Waals surface area (Å²) in [6.07, 6.45) is 0.108. The summed E-state index contributed by atoms with van der Waals surface area (Å²) in [6, 6.07) is 11.7. The van der Waals surface area contributed by atoms with Crippen LogP contribution in [0.1, 0.15) is 12.0 Å². The van der Waals surface area contributed by atoms with Crippen LogP contribution in [-0.4, -0.2) is 25.0 Å². The van der Waals surface area contributed by atoms with E-state index in [0.29, 0.717) is 16.5 Å². The molecule has 0 spiro atoms. The molecule has 1 aliphatic heterocycles. The van der Waals surface area contributed by atoms with Crippen LogP contribution >= 0.6 is 11.6 Å². The van der Waals surface area contributed by atoms with Crippen LogP contribution in [0.2, 0.25) is 5.02 Å². The zero-order valence-electron chi connectivity index (χ0n) is 13.4. The van der Waals surface area contributed by atoms with Crippen molar-refractivity contribution in [2.75, 3.05) is 17.3 Å². The highest BCUT2D eigenvalue weighted by Gasteiger charge is 2.39. The largest absolute Gasteiger partial charge is 0.497 e. The van der Waals surface area contributed by atoms with Gasteiger partial charge in [0.05, 0.1) is 19.2 Å². The molecular formula is C18H17ClN2O3. The minimum absolute atomic E-state index is 0.108. The van der Waals surface area contributed by atoms with E-state index < -0.39 is 6.04 Å². The van der Waals surface area contributed by atoms with Crippen molar-refractivity contribution in [3.8, 4) is 5.75 Å². The lowest BCUT2D eigenvalue weighted by Crippen LogP contribution is -2.34. The van der Waals surface area contributed by atoms with Crippen LogP contribution in [0.15, 0.2) is 42.5 Å². The number of ether oxygens (including phenoxy) is 1. The zero-order chi connectivity index (χ0) is 17.3. The average molecular weight is 345 g/mol. The monoisotopic (exact) mass is 344 g/mol. The first-order valence-electron chi connectivity index (χ1n) is 7.53. The van der Waals surface area contributed by atoms with Gasteiger partial charge in [0.2, 0.25) is 5.91 Å². The second-order valence-corrected chi connectivity index (χ2v) is 5.99. The SMILES string of the molecule is COc1ccc(N2C(=O)CC(Nc3cccc(Cl)c3C)C2=O)cc1. The molecule has 2 amide bonds. The van der Waals surface area contributed by atoms with Crippen LogP contribution in [-0.2, 0) is 9.59 Å². The predicted molar refractivity (Wildman–Crippen MR) is 93.7 cm³/mol. The number of hydrogen-bond acceptors (Lipinski definition) is 4. The molecule has 2 aromatic carbocycles. The lowest BCUT2D eigenvalue weighted by molar-refractivity contribution is -0.121. The van der Waals surface area contributed by atoms with Gasteiger partial charge in [-0.25, -0.2) is 4.90 Å². The maximum absolute atomic E-state index is 12.6. The number of carbonyl (C=O) groups is 2. The second kappa shape index (κ2) is 6.53. The third kappa shape index (κ3) is 2.95. The molecule has 1 heterocycles. The van der Waals surface area contributed by atoms with Crippen LogP contribution in [0.3, 0.4) is 0 Å². The van der Waals surface area contributed by atoms with Crippen molar-refractivity contribution in [3.05, 3.63) is 53.1 Å². The van der Waals surface area contributed by atoms with Crippen molar-refractivity contribution in [2.45, 2.75) is 19.4 Å². The number of methoxy groups -OCH3 is 1. The number of halogens is 1. The molecule has 5 nitrogen and oxygen atoms in total. The summed E-state index contributed by atoms with van der Waals surface area (Å²) in [4.78, 5) is 26.2. The lowest BCUT2D eigenvalue weighted by atomic mass is 10.1. The highest BCUT2D eigenvalue weighted by atomic mass is 35.5. The molecule has 24 heavy (non-hydrogen) atoms. The fourth-order valence-corrected chi connectivity index (χ4v) is 2.87. The van der Waals surface area contributed by atoms with Gasteiger partial charge in [0.15, 0.2) is 0 Å². The number of imide groups is 1. The summed E-state index contributed by atoms with van der Waals surface area (Å²) in [5.74, 6) is 0.161. The number of nitrogens with zero attached hydrogens (tertiary/aromatic N) is 1. The van der Waals surface area contributed by atoms with Gasteiger partial charge in [0, 0.05) is 10.7 Å². The third-order valence-electron chi connectivity index (χ3n) is 4.07. The fourth-order valence-electron chi connectivity index (χ4n) is 2.70. The zero-order valence-corrected chi connectivity index (χ0v) is 14.1. The predicted octanol–water partition coefficient (Wildman–Crippen LogP) is 3.40. The summed E-state index contributed by atoms with van der Waals surface area (Å²) < 4.78 is 5.10. The summed E-state index contributed by atoms with van der Waals surface area (Å²) in [7, 11) is 1.56. The topological polar surface area (TPSA) is 58.6 Å². The standard InChI is InChI=1S/C18H17ClN2O3/c1-11-14(19)4-3-5-15(11)20-16-10-17(22)21(18(16)23)12-6-8-13(24-2)9-7-12/h3-9,16,20H,10H2,1-2H3. The molecule has 0 aromatic heterocycles. The number of anilines is 2. The van der Waals surface area contributed by atoms with Crippen LogP contribution in [0.5, 0.6) is 5.75 Å². The van der Waals surface area contributed by atoms with E-state index >= 15 is 0 Å². The van der Waals surface area contributed by atoms with Crippen molar-refractivity contribution < 1.29 is 14.3 Å². The van der Waals surface area contributed by atoms with Gasteiger partial charge in [-0.1, -0.05) is 17.7 Å². The fraction of sp³-hybridized carbons (Fsp3) is 0.222. The van der Waals surface area contributed by atoms with Gasteiger partial charge in [-0.15, -0.1) is 0 Å². The van der Waals surface area contributed by atoms with E-state index in [-0.39, 0.29) is 18.2 Å². The third-order valence-corrected chi connectivity index (χ3v) is 4.48. The average Bonchev–Trinajstić information content (AvgIpc) is 2.86. The Morgan fingerprint density at radius 1 is 1.17 bits per heavy atom. The van der Waals surface area contributed by atoms with Gasteiger partial charge in [-0.05, 0) is 48.9 Å². The number of benzene rings is 2. The summed E-state index contributed by atoms with van der Waals surface area (Å²) in [5, 5.41) is 3.75. The number of carbonyl (C=O) groups excluding carboxylic acids is 2. The van der Waals surface area contributed by atoms with Crippen LogP contribution in [0.25, 0.3) is 0 Å². The van der Waals surface area contributed by atoms with Crippen LogP contribution in [0.4, 0.5) is 11.4 Å². The normalized spacial score (nSPS) is 17.3. The molecule has 1 saturated heterocycles. The lowest BCUT2D eigenvalue weighted by Gasteiger charge is -2.17. The minimum Gasteiger partial charge on any atom is -0.497 e. The maximum atomic E-state index is 12.6. The van der Waals surface area contributed by atoms with Crippen molar-refractivity contribution in [1.29, 1.82) is 0 Å². The van der Waals surface area contributed by atoms with E-state index in [1.807, 2.05) is 13.0 Å². The molecule has 1 fully saturated rings. The van der Waals surface area contributed by atoms with Crippen molar-refractivity contribution >= 4 is 34.8 Å². The highest BCUT2D eigenvalue weighted by Crippen LogP contribution is 2.29. The summed E-state index contributed by atoms with van der Waals surface area (Å²) >= 11 is 6.10. The Bertz CT molecular complexity index is 789. The smallest absolute Gasteiger partial charge is 0.256 e. The van der Waals surface area contributed by atoms with Crippen molar-refractivity contribution in [1.82, 2.24) is 0 Å². The molecule has 1 aliphatic rings. The molecule has 124 valence electrons. The minimum atomic E-state index is -0.600.